The number of carbonyl (C=O) groups is 1. The summed E-state index contributed by atoms with van der Waals surface area (Å²) in [4.78, 5) is 15.8. The Kier molecular flexibility index (Phi) is 5.71. The number of rotatable bonds is 5. The van der Waals surface area contributed by atoms with Gasteiger partial charge in [-0.2, -0.15) is 13.2 Å². The molecule has 2 rings (SSSR count). The van der Waals surface area contributed by atoms with E-state index in [1.165, 1.54) is 0 Å². The lowest BCUT2D eigenvalue weighted by Gasteiger charge is -2.31. The van der Waals surface area contributed by atoms with E-state index in [0.29, 0.717) is 18.2 Å². The van der Waals surface area contributed by atoms with Crippen molar-refractivity contribution >= 4 is 12.0 Å². The number of alkyl halides is 3. The molecule has 1 atom stereocenters. The zero-order chi connectivity index (χ0) is 21.5. The van der Waals surface area contributed by atoms with Gasteiger partial charge in [0.05, 0.1) is 11.1 Å². The van der Waals surface area contributed by atoms with Crippen molar-refractivity contribution in [1.82, 2.24) is 0 Å². The molecule has 11 nitrogen and oxygen atoms in total. The Labute approximate surface area is 153 Å². The SMILES string of the molecule is NOCOC(=O)C1=Cc2cc(C(O)(O)O)cc(C(O)(O)O)c2OC1C(F)(F)F. The van der Waals surface area contributed by atoms with Gasteiger partial charge < -0.3 is 40.1 Å². The standard InChI is InChI=1S/C14H14F3NO10/c15-12(16,17)10-7(11(19)26-4-27-18)2-5-1-6(13(20,21)22)3-8(9(5)28-10)14(23,24)25/h1-3,10,20-25H,4,18H2. The van der Waals surface area contributed by atoms with Crippen molar-refractivity contribution in [1.29, 1.82) is 0 Å². The van der Waals surface area contributed by atoms with Crippen LogP contribution in [0.4, 0.5) is 13.2 Å². The summed E-state index contributed by atoms with van der Waals surface area (Å²) in [6, 6.07) is 1.02. The van der Waals surface area contributed by atoms with Gasteiger partial charge >= 0.3 is 24.1 Å². The molecule has 1 unspecified atom stereocenters. The van der Waals surface area contributed by atoms with Gasteiger partial charge in [-0.05, 0) is 18.2 Å². The monoisotopic (exact) mass is 413 g/mol. The van der Waals surface area contributed by atoms with Crippen molar-refractivity contribution in [2.24, 2.45) is 5.90 Å². The van der Waals surface area contributed by atoms with E-state index in [0.717, 1.165) is 0 Å². The maximum Gasteiger partial charge on any atom is 0.430 e. The van der Waals surface area contributed by atoms with Crippen molar-refractivity contribution < 1.29 is 62.9 Å². The largest absolute Gasteiger partial charge is 0.475 e. The number of benzene rings is 1. The summed E-state index contributed by atoms with van der Waals surface area (Å²) < 4.78 is 49.0. The van der Waals surface area contributed by atoms with Crippen LogP contribution in [-0.4, -0.2) is 55.7 Å². The van der Waals surface area contributed by atoms with Crippen molar-refractivity contribution in [3.05, 3.63) is 34.4 Å². The third kappa shape index (κ3) is 4.57. The lowest BCUT2D eigenvalue weighted by molar-refractivity contribution is -0.328. The number of ether oxygens (including phenoxy) is 2. The molecule has 1 aromatic carbocycles. The van der Waals surface area contributed by atoms with Gasteiger partial charge in [-0.3, -0.25) is 4.84 Å². The zero-order valence-corrected chi connectivity index (χ0v) is 13.5. The highest BCUT2D eigenvalue weighted by atomic mass is 19.4. The molecule has 1 aromatic rings. The van der Waals surface area contributed by atoms with E-state index in [2.05, 4.69) is 20.2 Å². The summed E-state index contributed by atoms with van der Waals surface area (Å²) in [6.07, 6.45) is -7.64. The van der Waals surface area contributed by atoms with Crippen molar-refractivity contribution in [2.45, 2.75) is 24.2 Å². The molecule has 0 saturated carbocycles. The van der Waals surface area contributed by atoms with Gasteiger partial charge in [-0.1, -0.05) is 0 Å². The van der Waals surface area contributed by atoms with Crippen LogP contribution >= 0.6 is 0 Å². The molecular weight excluding hydrogens is 399 g/mol. The lowest BCUT2D eigenvalue weighted by atomic mass is 9.95. The van der Waals surface area contributed by atoms with E-state index in [1.807, 2.05) is 0 Å². The molecular formula is C14H14F3NO10. The fraction of sp³-hybridized carbons (Fsp3) is 0.357. The first-order valence-corrected chi connectivity index (χ1v) is 7.13. The highest BCUT2D eigenvalue weighted by Gasteiger charge is 2.50. The van der Waals surface area contributed by atoms with Crippen molar-refractivity contribution in [2.75, 3.05) is 6.79 Å². The van der Waals surface area contributed by atoms with Gasteiger partial charge in [0.1, 0.15) is 5.75 Å². The average Bonchev–Trinajstić information content (AvgIpc) is 2.54. The zero-order valence-electron chi connectivity index (χ0n) is 13.5. The number of fused-ring (bicyclic) bond motifs is 1. The van der Waals surface area contributed by atoms with E-state index in [9.17, 15) is 48.6 Å². The lowest BCUT2D eigenvalue weighted by Crippen LogP contribution is -2.42. The van der Waals surface area contributed by atoms with Crippen molar-refractivity contribution in [3.8, 4) is 5.75 Å². The minimum atomic E-state index is -5.19. The fourth-order valence-corrected chi connectivity index (χ4v) is 2.34. The quantitative estimate of drug-likeness (QED) is 0.160. The molecule has 14 heteroatoms. The van der Waals surface area contributed by atoms with Crippen LogP contribution in [0, 0.1) is 0 Å². The molecule has 1 heterocycles. The fourth-order valence-electron chi connectivity index (χ4n) is 2.34. The van der Waals surface area contributed by atoms with Crippen molar-refractivity contribution in [3.63, 3.8) is 0 Å². The molecule has 0 radical (unpaired) electrons. The molecule has 8 N–H and O–H groups in total. The second-order valence-electron chi connectivity index (χ2n) is 5.57. The molecule has 1 aliphatic heterocycles. The third-order valence-corrected chi connectivity index (χ3v) is 3.49. The van der Waals surface area contributed by atoms with E-state index < -0.39 is 65.0 Å². The number of esters is 1. The van der Waals surface area contributed by atoms with Crippen LogP contribution in [-0.2, 0) is 26.3 Å². The van der Waals surface area contributed by atoms with Crippen LogP contribution in [0.15, 0.2) is 17.7 Å². The summed E-state index contributed by atoms with van der Waals surface area (Å²) in [5.41, 5.74) is -3.77. The predicted molar refractivity (Wildman–Crippen MR) is 77.8 cm³/mol. The van der Waals surface area contributed by atoms with Crippen LogP contribution < -0.4 is 10.6 Å². The Morgan fingerprint density at radius 1 is 1.11 bits per heavy atom. The highest BCUT2D eigenvalue weighted by molar-refractivity contribution is 5.96. The molecule has 0 aromatic heterocycles. The number of hydrogen-bond donors (Lipinski definition) is 7. The molecule has 28 heavy (non-hydrogen) atoms. The van der Waals surface area contributed by atoms with Crippen LogP contribution in [0.1, 0.15) is 16.7 Å². The number of hydrogen-bond acceptors (Lipinski definition) is 11. The average molecular weight is 413 g/mol. The van der Waals surface area contributed by atoms with E-state index in [4.69, 9.17) is 0 Å². The molecule has 0 bridgehead atoms. The maximum atomic E-state index is 13.3. The Morgan fingerprint density at radius 3 is 2.18 bits per heavy atom. The molecule has 0 aliphatic carbocycles. The smallest absolute Gasteiger partial charge is 0.430 e. The Morgan fingerprint density at radius 2 is 1.71 bits per heavy atom. The summed E-state index contributed by atoms with van der Waals surface area (Å²) in [5, 5.41) is 55.9. The third-order valence-electron chi connectivity index (χ3n) is 3.49. The minimum Gasteiger partial charge on any atom is -0.475 e. The minimum absolute atomic E-state index is 0.367. The summed E-state index contributed by atoms with van der Waals surface area (Å²) in [5.74, 6) is -5.30. The van der Waals surface area contributed by atoms with Gasteiger partial charge in [0.2, 0.25) is 12.9 Å². The summed E-state index contributed by atoms with van der Waals surface area (Å²) >= 11 is 0. The van der Waals surface area contributed by atoms with Crippen LogP contribution in [0.5, 0.6) is 5.75 Å². The maximum absolute atomic E-state index is 13.3. The summed E-state index contributed by atoms with van der Waals surface area (Å²) in [7, 11) is 0. The highest BCUT2D eigenvalue weighted by Crippen LogP contribution is 2.43. The van der Waals surface area contributed by atoms with E-state index in [-0.39, 0.29) is 0 Å². The normalized spacial score (nSPS) is 17.5. The summed E-state index contributed by atoms with van der Waals surface area (Å²) in [6.45, 7) is -0.904. The van der Waals surface area contributed by atoms with Crippen LogP contribution in [0.3, 0.4) is 0 Å². The molecule has 1 aliphatic rings. The van der Waals surface area contributed by atoms with Gasteiger partial charge in [-0.25, -0.2) is 10.7 Å². The van der Waals surface area contributed by atoms with E-state index in [1.54, 1.807) is 0 Å². The molecule has 0 saturated heterocycles. The first kappa shape index (κ1) is 22.0. The second kappa shape index (κ2) is 7.26. The van der Waals surface area contributed by atoms with Crippen LogP contribution in [0.2, 0.25) is 0 Å². The van der Waals surface area contributed by atoms with Gasteiger partial charge in [0.25, 0.3) is 0 Å². The number of nitrogens with two attached hydrogens (primary N) is 1. The predicted octanol–water partition coefficient (Wildman–Crippen LogP) is -2.04. The molecule has 0 amide bonds. The topological polar surface area (TPSA) is 192 Å². The molecule has 156 valence electrons. The molecule has 0 spiro atoms. The Balaban J connectivity index is 2.72. The second-order valence-corrected chi connectivity index (χ2v) is 5.57. The number of carbonyl (C=O) groups excluding carboxylic acids is 1. The van der Waals surface area contributed by atoms with Crippen LogP contribution in [0.25, 0.3) is 6.08 Å². The van der Waals surface area contributed by atoms with Gasteiger partial charge in [-0.15, -0.1) is 0 Å². The first-order valence-electron chi connectivity index (χ1n) is 7.13. The number of aliphatic hydroxyl groups is 6. The van der Waals surface area contributed by atoms with Gasteiger partial charge in [0.15, 0.2) is 0 Å². The molecule has 0 fully saturated rings. The Bertz CT molecular complexity index is 794. The van der Waals surface area contributed by atoms with Gasteiger partial charge in [0, 0.05) is 11.1 Å². The number of halogens is 3. The Hall–Kier alpha value is -2.30. The van der Waals surface area contributed by atoms with E-state index >= 15 is 0 Å². The first-order chi connectivity index (χ1) is 12.7.